The number of alkyl carbamates (subject to hydrolysis) is 1. The van der Waals surface area contributed by atoms with Crippen molar-refractivity contribution in [3.8, 4) is 0 Å². The molecule has 0 radical (unpaired) electrons. The first-order chi connectivity index (χ1) is 28.9. The Morgan fingerprint density at radius 2 is 1.69 bits per heavy atom. The van der Waals surface area contributed by atoms with Crippen LogP contribution in [0.25, 0.3) is 0 Å². The normalized spacial score (nSPS) is 36.6. The van der Waals surface area contributed by atoms with Gasteiger partial charge in [0, 0.05) is 49.7 Å². The van der Waals surface area contributed by atoms with Crippen molar-refractivity contribution >= 4 is 18.0 Å². The molecule has 5 fully saturated rings. The molecule has 3 aliphatic heterocycles. The quantitative estimate of drug-likeness (QED) is 0.165. The minimum Gasteiger partial charge on any atom is -0.456 e. The highest BCUT2D eigenvalue weighted by atomic mass is 16.7. The molecular weight excluding hydrogens is 801 g/mol. The molecule has 1 aromatic rings. The van der Waals surface area contributed by atoms with Gasteiger partial charge in [-0.1, -0.05) is 71.9 Å². The van der Waals surface area contributed by atoms with Crippen LogP contribution in [-0.4, -0.2) is 138 Å². The van der Waals surface area contributed by atoms with E-state index >= 15 is 0 Å². The second-order valence-electron chi connectivity index (χ2n) is 21.3. The molecular formula is C47H70N2O13. The molecule has 1 amide bonds. The fourth-order valence-electron chi connectivity index (χ4n) is 11.4. The third-order valence-corrected chi connectivity index (χ3v) is 14.5. The number of nitrogens with zero attached hydrogens (tertiary/aromatic N) is 1. The second-order valence-corrected chi connectivity index (χ2v) is 21.3. The van der Waals surface area contributed by atoms with Gasteiger partial charge < -0.3 is 53.4 Å². The Morgan fingerprint density at radius 3 is 2.29 bits per heavy atom. The molecule has 62 heavy (non-hydrogen) atoms. The van der Waals surface area contributed by atoms with Gasteiger partial charge in [-0.05, 0) is 62.7 Å². The average molecular weight is 871 g/mol. The Bertz CT molecular complexity index is 1850. The van der Waals surface area contributed by atoms with Crippen LogP contribution in [0.5, 0.6) is 0 Å². The minimum atomic E-state index is -1.81. The molecule has 2 bridgehead atoms. The highest BCUT2D eigenvalue weighted by Gasteiger charge is 2.76. The molecule has 0 spiro atoms. The number of carbonyl (C=O) groups excluding carboxylic acids is 3. The molecule has 3 saturated heterocycles. The number of hydrogen-bond acceptors (Lipinski definition) is 14. The molecule has 3 aliphatic carbocycles. The lowest BCUT2D eigenvalue weighted by Crippen LogP contribution is -2.79. The Hall–Kier alpha value is -3.15. The molecule has 2 saturated carbocycles. The van der Waals surface area contributed by atoms with Crippen LogP contribution in [0.2, 0.25) is 0 Å². The van der Waals surface area contributed by atoms with E-state index in [9.17, 15) is 24.6 Å². The van der Waals surface area contributed by atoms with Gasteiger partial charge in [0.05, 0.1) is 44.7 Å². The fraction of sp³-hybridized carbons (Fsp3) is 0.766. The zero-order valence-electron chi connectivity index (χ0n) is 38.5. The summed E-state index contributed by atoms with van der Waals surface area (Å²) in [6.45, 7) is 23.2. The molecule has 3 N–H and O–H groups in total. The Labute approximate surface area is 366 Å². The summed E-state index contributed by atoms with van der Waals surface area (Å²) in [6, 6.07) is 8.57. The van der Waals surface area contributed by atoms with E-state index in [1.165, 1.54) is 6.92 Å². The van der Waals surface area contributed by atoms with E-state index in [1.807, 2.05) is 51.1 Å². The lowest BCUT2D eigenvalue weighted by Gasteiger charge is -2.68. The summed E-state index contributed by atoms with van der Waals surface area (Å²) in [6.07, 6.45) is -6.13. The zero-order chi connectivity index (χ0) is 45.2. The van der Waals surface area contributed by atoms with E-state index < -0.39 is 106 Å². The Kier molecular flexibility index (Phi) is 12.8. The molecule has 7 rings (SSSR count). The monoisotopic (exact) mass is 870 g/mol. The van der Waals surface area contributed by atoms with Gasteiger partial charge >= 0.3 is 18.0 Å². The van der Waals surface area contributed by atoms with Crippen LogP contribution in [-0.2, 0) is 54.1 Å². The Morgan fingerprint density at radius 1 is 1.02 bits per heavy atom. The van der Waals surface area contributed by atoms with Crippen LogP contribution in [0.3, 0.4) is 0 Å². The van der Waals surface area contributed by atoms with Crippen LogP contribution in [0.1, 0.15) is 101 Å². The zero-order valence-corrected chi connectivity index (χ0v) is 38.5. The van der Waals surface area contributed by atoms with E-state index in [-0.39, 0.29) is 19.6 Å². The van der Waals surface area contributed by atoms with E-state index in [2.05, 4.69) is 17.1 Å². The number of fused-ring (bicyclic) bond motifs is 8. The number of morpholine rings is 1. The topological polar surface area (TPSA) is 181 Å². The molecule has 12 atom stereocenters. The minimum absolute atomic E-state index is 0.0971. The molecule has 0 aromatic heterocycles. The van der Waals surface area contributed by atoms with E-state index in [0.29, 0.717) is 56.8 Å². The summed E-state index contributed by atoms with van der Waals surface area (Å²) in [5.41, 5.74) is -4.28. The van der Waals surface area contributed by atoms with Crippen molar-refractivity contribution in [2.75, 3.05) is 39.5 Å². The van der Waals surface area contributed by atoms with Gasteiger partial charge in [-0.3, -0.25) is 9.69 Å². The van der Waals surface area contributed by atoms with Crippen LogP contribution in [0.4, 0.5) is 4.79 Å². The highest BCUT2D eigenvalue weighted by molar-refractivity contribution is 5.78. The summed E-state index contributed by atoms with van der Waals surface area (Å²) in [5, 5.41) is 28.4. The van der Waals surface area contributed by atoms with E-state index in [4.69, 9.17) is 37.9 Å². The first kappa shape index (κ1) is 46.8. The van der Waals surface area contributed by atoms with Crippen LogP contribution >= 0.6 is 0 Å². The summed E-state index contributed by atoms with van der Waals surface area (Å²) in [4.78, 5) is 42.8. The number of benzene rings is 1. The number of hydrogen-bond donors (Lipinski definition) is 3. The number of aliphatic hydroxyl groups is 2. The SMILES string of the molecule is CC(=O)O[C@@]12CO[C@@H]1CC[C@@]1(C)[C@@H]3O[C@H](CN4CCOCC4)O[C@@H]3C3=C(C)[C@@H](OC(=O)[C@H](O)[C@@H](NC(=O)OC(C)(C)C)C(C)(C)C)C[C@@](O)([C@@H](OCc4ccccc4)[C@@H]12)C3(C)C. The van der Waals surface area contributed by atoms with Crippen LogP contribution < -0.4 is 5.32 Å². The van der Waals surface area contributed by atoms with Gasteiger partial charge in [0.15, 0.2) is 18.0 Å². The first-order valence-electron chi connectivity index (χ1n) is 22.3. The van der Waals surface area contributed by atoms with Crippen molar-refractivity contribution in [2.24, 2.45) is 22.2 Å². The van der Waals surface area contributed by atoms with Gasteiger partial charge in [0.2, 0.25) is 0 Å². The summed E-state index contributed by atoms with van der Waals surface area (Å²) < 4.78 is 51.5. The average Bonchev–Trinajstić information content (AvgIpc) is 3.58. The van der Waals surface area contributed by atoms with E-state index in [0.717, 1.165) is 5.56 Å². The number of nitrogens with one attached hydrogen (secondary N) is 1. The van der Waals surface area contributed by atoms with Crippen molar-refractivity contribution in [1.29, 1.82) is 0 Å². The molecule has 3 heterocycles. The fourth-order valence-corrected chi connectivity index (χ4v) is 11.4. The van der Waals surface area contributed by atoms with Crippen molar-refractivity contribution in [3.63, 3.8) is 0 Å². The predicted molar refractivity (Wildman–Crippen MR) is 225 cm³/mol. The molecule has 346 valence electrons. The molecule has 1 aromatic carbocycles. The van der Waals surface area contributed by atoms with Crippen LogP contribution in [0.15, 0.2) is 41.5 Å². The number of amides is 1. The van der Waals surface area contributed by atoms with Crippen molar-refractivity contribution in [2.45, 2.75) is 168 Å². The summed E-state index contributed by atoms with van der Waals surface area (Å²) >= 11 is 0. The lowest BCUT2D eigenvalue weighted by atomic mass is 9.45. The number of esters is 2. The van der Waals surface area contributed by atoms with Crippen molar-refractivity contribution in [1.82, 2.24) is 10.2 Å². The first-order valence-corrected chi connectivity index (χ1v) is 22.3. The van der Waals surface area contributed by atoms with Gasteiger partial charge in [0.25, 0.3) is 0 Å². The van der Waals surface area contributed by atoms with Gasteiger partial charge in [-0.15, -0.1) is 0 Å². The third kappa shape index (κ3) is 8.57. The van der Waals surface area contributed by atoms with Gasteiger partial charge in [-0.25, -0.2) is 9.59 Å². The molecule has 15 nitrogen and oxygen atoms in total. The maximum absolute atomic E-state index is 14.4. The van der Waals surface area contributed by atoms with Gasteiger partial charge in [-0.2, -0.15) is 0 Å². The number of ether oxygens (including phenoxy) is 8. The standard InChI is InChI=1S/C47H70N2O13/c1-27-30(58-40(52)34(51)37(42(3,4)5)48-41(53)62-43(6,7)8)23-47(54)39(56-25-29-15-13-12-14-16-29)36-45(11,18-17-31-46(36,26-57-31)61-28(2)50)38-35(33(27)44(47,9)10)59-32(60-38)24-49-19-21-55-22-20-49/h12-16,30-32,34-39,51,54H,17-26H2,1-11H3,(H,48,53)/t30-,31+,32+,34+,35+,36-,37+,38+,39-,45+,46-,47+/m0/s1. The lowest BCUT2D eigenvalue weighted by molar-refractivity contribution is -0.352. The molecule has 15 heteroatoms. The number of rotatable bonds is 10. The van der Waals surface area contributed by atoms with Crippen molar-refractivity contribution < 1.29 is 62.5 Å². The third-order valence-electron chi connectivity index (χ3n) is 14.5. The molecule has 0 unspecified atom stereocenters. The van der Waals surface area contributed by atoms with E-state index in [1.54, 1.807) is 41.5 Å². The maximum atomic E-state index is 14.4. The largest absolute Gasteiger partial charge is 0.456 e. The highest BCUT2D eigenvalue weighted by Crippen LogP contribution is 2.66. The predicted octanol–water partition coefficient (Wildman–Crippen LogP) is 4.83. The summed E-state index contributed by atoms with van der Waals surface area (Å²) in [5.74, 6) is -2.15. The smallest absolute Gasteiger partial charge is 0.407 e. The Balaban J connectivity index is 1.35. The maximum Gasteiger partial charge on any atom is 0.407 e. The number of aliphatic hydroxyl groups excluding tert-OH is 1. The second kappa shape index (κ2) is 17.0. The van der Waals surface area contributed by atoms with Crippen LogP contribution in [0, 0.1) is 22.2 Å². The molecule has 6 aliphatic rings. The summed E-state index contributed by atoms with van der Waals surface area (Å²) in [7, 11) is 0. The number of carbonyl (C=O) groups is 3. The van der Waals surface area contributed by atoms with Gasteiger partial charge in [0.1, 0.15) is 29.5 Å². The van der Waals surface area contributed by atoms with Crippen molar-refractivity contribution in [3.05, 3.63) is 47.0 Å².